The van der Waals surface area contributed by atoms with Gasteiger partial charge in [-0.25, -0.2) is 9.67 Å². The van der Waals surface area contributed by atoms with Crippen LogP contribution in [0.25, 0.3) is 11.3 Å². The molecule has 0 spiro atoms. The number of rotatable bonds is 22. The van der Waals surface area contributed by atoms with Crippen molar-refractivity contribution in [3.63, 3.8) is 0 Å². The monoisotopic (exact) mass is 972 g/mol. The van der Waals surface area contributed by atoms with E-state index in [-0.39, 0.29) is 47.2 Å². The number of H-pyrrole nitrogens is 1. The van der Waals surface area contributed by atoms with E-state index in [0.29, 0.717) is 107 Å². The first-order chi connectivity index (χ1) is 33.3. The summed E-state index contributed by atoms with van der Waals surface area (Å²) in [7, 11) is 0. The Morgan fingerprint density at radius 2 is 1.77 bits per heavy atom. The standard InChI is InChI=1S/C45H47ClF2N12O9/c46-45(47,48)69-31-9-7-28(8-10-31)53-41(63)27-23-33(34-13-15-51-56-34)40(50-24-27)58-17-14-29(25-58)52-37(61)6-1-3-30-26-59(57-55-30)18-20-68-22-21-67-19-16-49-35-5-2-4-32-39(35)44(66)60(43(32)65)36-11-12-38(62)54-42(36)64/h2,4-5,7-10,13,15,23-24,26,29,36,49H,1,3,6,11-12,14,16-22,25H2,(H,51,56)(H,52,61)(H,53,63)(H,54,62,64). The molecule has 2 saturated heterocycles. The number of carbonyl (C=O) groups is 6. The molecule has 0 saturated carbocycles. The molecule has 24 heteroatoms. The molecule has 5 aromatic rings. The van der Waals surface area contributed by atoms with Crippen molar-refractivity contribution in [2.24, 2.45) is 0 Å². The van der Waals surface area contributed by atoms with E-state index >= 15 is 0 Å². The van der Waals surface area contributed by atoms with Crippen molar-refractivity contribution in [1.29, 1.82) is 0 Å². The molecule has 3 aliphatic heterocycles. The lowest BCUT2D eigenvalue weighted by Gasteiger charge is -2.27. The third kappa shape index (κ3) is 12.2. The molecule has 0 radical (unpaired) electrons. The third-order valence-electron chi connectivity index (χ3n) is 11.4. The number of imide groups is 2. The number of nitrogens with one attached hydrogen (secondary N) is 5. The molecule has 2 fully saturated rings. The number of carbonyl (C=O) groups excluding carboxylic acids is 6. The van der Waals surface area contributed by atoms with Gasteiger partial charge >= 0.3 is 5.57 Å². The molecule has 21 nitrogen and oxygen atoms in total. The summed E-state index contributed by atoms with van der Waals surface area (Å²) in [6.07, 6.45) is 7.10. The number of anilines is 3. The first kappa shape index (κ1) is 48.1. The predicted molar refractivity (Wildman–Crippen MR) is 243 cm³/mol. The van der Waals surface area contributed by atoms with Gasteiger partial charge in [-0.3, -0.25) is 44.1 Å². The molecule has 0 bridgehead atoms. The Bertz CT molecular complexity index is 2680. The number of halogens is 3. The second kappa shape index (κ2) is 21.7. The van der Waals surface area contributed by atoms with E-state index in [2.05, 4.69) is 51.5 Å². The number of hydrogen-bond acceptors (Lipinski definition) is 15. The van der Waals surface area contributed by atoms with Crippen molar-refractivity contribution < 1.29 is 51.8 Å². The Hall–Kier alpha value is -7.37. The van der Waals surface area contributed by atoms with Crippen molar-refractivity contribution in [1.82, 2.24) is 45.7 Å². The van der Waals surface area contributed by atoms with Crippen LogP contribution in [0.2, 0.25) is 0 Å². The van der Waals surface area contributed by atoms with E-state index < -0.39 is 41.1 Å². The van der Waals surface area contributed by atoms with E-state index in [0.717, 1.165) is 10.6 Å². The van der Waals surface area contributed by atoms with Gasteiger partial charge in [0.25, 0.3) is 17.7 Å². The molecule has 2 aromatic carbocycles. The number of benzene rings is 2. The molecule has 362 valence electrons. The van der Waals surface area contributed by atoms with Gasteiger partial charge in [-0.05, 0) is 74.2 Å². The number of aromatic amines is 1. The maximum Gasteiger partial charge on any atom is 0.487 e. The van der Waals surface area contributed by atoms with Crippen LogP contribution in [0.3, 0.4) is 0 Å². The number of aryl methyl sites for hydroxylation is 1. The number of piperidine rings is 1. The van der Waals surface area contributed by atoms with E-state index in [1.165, 1.54) is 36.5 Å². The van der Waals surface area contributed by atoms with E-state index in [1.807, 2.05) is 11.1 Å². The van der Waals surface area contributed by atoms with Gasteiger partial charge in [-0.15, -0.1) is 13.9 Å². The lowest BCUT2D eigenvalue weighted by molar-refractivity contribution is -0.136. The molecule has 8 rings (SSSR count). The fraction of sp³-hybridized carbons (Fsp3) is 0.378. The number of hydrogen-bond donors (Lipinski definition) is 5. The van der Waals surface area contributed by atoms with Crippen LogP contribution in [0.4, 0.5) is 26.0 Å². The van der Waals surface area contributed by atoms with Crippen LogP contribution in [0.15, 0.2) is 73.2 Å². The van der Waals surface area contributed by atoms with E-state index in [1.54, 1.807) is 35.1 Å². The highest BCUT2D eigenvalue weighted by Gasteiger charge is 2.45. The second-order valence-electron chi connectivity index (χ2n) is 16.2. The summed E-state index contributed by atoms with van der Waals surface area (Å²) in [5, 5.41) is 26.5. The van der Waals surface area contributed by atoms with Crippen LogP contribution < -0.4 is 30.9 Å². The van der Waals surface area contributed by atoms with Crippen LogP contribution in [-0.2, 0) is 36.8 Å². The molecular weight excluding hydrogens is 926 g/mol. The van der Waals surface area contributed by atoms with Gasteiger partial charge in [0.15, 0.2) is 0 Å². The Morgan fingerprint density at radius 1 is 0.957 bits per heavy atom. The van der Waals surface area contributed by atoms with Gasteiger partial charge in [0.2, 0.25) is 17.7 Å². The highest BCUT2D eigenvalue weighted by molar-refractivity contribution is 6.25. The Kier molecular flexibility index (Phi) is 15.1. The molecule has 3 aromatic heterocycles. The summed E-state index contributed by atoms with van der Waals surface area (Å²) in [4.78, 5) is 84.0. The van der Waals surface area contributed by atoms with Gasteiger partial charge in [-0.1, -0.05) is 11.3 Å². The zero-order valence-corrected chi connectivity index (χ0v) is 37.7. The topological polar surface area (TPSA) is 257 Å². The van der Waals surface area contributed by atoms with Gasteiger partial charge in [0.05, 0.1) is 61.1 Å². The summed E-state index contributed by atoms with van der Waals surface area (Å²) >= 11 is 4.83. The van der Waals surface area contributed by atoms with Crippen LogP contribution in [0, 0.1) is 0 Å². The number of alkyl halides is 3. The lowest BCUT2D eigenvalue weighted by atomic mass is 10.0. The number of amides is 6. The average Bonchev–Trinajstić information content (AvgIpc) is 4.16. The molecule has 6 heterocycles. The normalized spacial score (nSPS) is 17.0. The van der Waals surface area contributed by atoms with E-state index in [9.17, 15) is 37.5 Å². The Morgan fingerprint density at radius 3 is 2.54 bits per heavy atom. The van der Waals surface area contributed by atoms with Gasteiger partial charge in [-0.2, -0.15) is 5.10 Å². The molecule has 2 atom stereocenters. The largest absolute Gasteiger partial charge is 0.487 e. The number of pyridine rings is 1. The lowest BCUT2D eigenvalue weighted by Crippen LogP contribution is -2.54. The number of ether oxygens (including phenoxy) is 3. The maximum absolute atomic E-state index is 13.3. The quantitative estimate of drug-likeness (QED) is 0.0376. The van der Waals surface area contributed by atoms with Gasteiger partial charge in [0.1, 0.15) is 17.6 Å². The van der Waals surface area contributed by atoms with Crippen LogP contribution in [0.1, 0.15) is 68.9 Å². The van der Waals surface area contributed by atoms with E-state index in [4.69, 9.17) is 21.1 Å². The van der Waals surface area contributed by atoms with Crippen LogP contribution in [-0.4, -0.2) is 134 Å². The van der Waals surface area contributed by atoms with Gasteiger partial charge < -0.3 is 35.1 Å². The first-order valence-electron chi connectivity index (χ1n) is 22.1. The fourth-order valence-corrected chi connectivity index (χ4v) is 8.23. The zero-order chi connectivity index (χ0) is 48.5. The highest BCUT2D eigenvalue weighted by Crippen LogP contribution is 2.34. The minimum Gasteiger partial charge on any atom is -0.420 e. The SMILES string of the molecule is O=C1CCC(N2C(=O)c3cccc(NCCOCCOCCn4cc(CCCC(=O)NC5CCN(c6ncc(C(=O)Nc7ccc(OC(F)(F)Cl)cc7)cc6-c6ccn[nH]6)C5)nn4)c3C2=O)C(=O)N1. The molecule has 2 unspecified atom stereocenters. The highest BCUT2D eigenvalue weighted by atomic mass is 35.5. The van der Waals surface area contributed by atoms with Crippen molar-refractivity contribution >= 4 is 64.2 Å². The minimum absolute atomic E-state index is 0.0425. The predicted octanol–water partition coefficient (Wildman–Crippen LogP) is 3.75. The maximum atomic E-state index is 13.3. The second-order valence-corrected chi connectivity index (χ2v) is 16.7. The summed E-state index contributed by atoms with van der Waals surface area (Å²) in [5.74, 6) is -2.38. The molecule has 6 amide bonds. The van der Waals surface area contributed by atoms with Crippen molar-refractivity contribution in [2.75, 3.05) is 61.6 Å². The number of aromatic nitrogens is 6. The Balaban J connectivity index is 0.704. The first-order valence-corrected chi connectivity index (χ1v) is 22.5. The summed E-state index contributed by atoms with van der Waals surface area (Å²) in [5.41, 5.74) is -0.427. The number of fused-ring (bicyclic) bond motifs is 1. The third-order valence-corrected chi connectivity index (χ3v) is 11.5. The zero-order valence-electron chi connectivity index (χ0n) is 36.9. The minimum atomic E-state index is -3.86. The molecule has 5 N–H and O–H groups in total. The smallest absolute Gasteiger partial charge is 0.420 e. The van der Waals surface area contributed by atoms with Crippen LogP contribution in [0.5, 0.6) is 5.75 Å². The molecule has 69 heavy (non-hydrogen) atoms. The average molecular weight is 973 g/mol. The summed E-state index contributed by atoms with van der Waals surface area (Å²) < 4.78 is 43.3. The fourth-order valence-electron chi connectivity index (χ4n) is 8.14. The molecule has 0 aliphatic carbocycles. The molecule has 3 aliphatic rings. The van der Waals surface area contributed by atoms with Crippen molar-refractivity contribution in [3.05, 3.63) is 95.6 Å². The summed E-state index contributed by atoms with van der Waals surface area (Å²) in [6.45, 7) is 3.24. The number of nitrogens with zero attached hydrogens (tertiary/aromatic N) is 7. The van der Waals surface area contributed by atoms with Crippen LogP contribution >= 0.6 is 11.6 Å². The van der Waals surface area contributed by atoms with Crippen molar-refractivity contribution in [2.45, 2.75) is 62.7 Å². The molecular formula is C45H47ClF2N12O9. The van der Waals surface area contributed by atoms with Crippen molar-refractivity contribution in [3.8, 4) is 17.0 Å². The summed E-state index contributed by atoms with van der Waals surface area (Å²) in [6, 6.07) is 12.5. The van der Waals surface area contributed by atoms with Gasteiger partial charge in [0, 0.05) is 85.6 Å². The Labute approximate surface area is 397 Å².